The molecule has 1 heterocycles. The molecule has 0 bridgehead atoms. The summed E-state index contributed by atoms with van der Waals surface area (Å²) in [6, 6.07) is 6.40. The van der Waals surface area contributed by atoms with Crippen LogP contribution in [0.2, 0.25) is 0 Å². The Balaban J connectivity index is 0.000000550. The summed E-state index contributed by atoms with van der Waals surface area (Å²) in [5.74, 6) is 0.462. The topological polar surface area (TPSA) is 78.0 Å². The van der Waals surface area contributed by atoms with E-state index in [1.54, 1.807) is 18.5 Å². The molecule has 0 radical (unpaired) electrons. The van der Waals surface area contributed by atoms with E-state index in [0.717, 1.165) is 17.7 Å². The van der Waals surface area contributed by atoms with E-state index in [9.17, 15) is 4.39 Å². The molecule has 0 amide bonds. The van der Waals surface area contributed by atoms with Crippen LogP contribution in [0.1, 0.15) is 18.2 Å². The van der Waals surface area contributed by atoms with Crippen LogP contribution in [0.3, 0.4) is 0 Å². The monoisotopic (exact) mass is 263 g/mol. The molecule has 1 aromatic heterocycles. The summed E-state index contributed by atoms with van der Waals surface area (Å²) in [6.07, 6.45) is 2.79. The largest absolute Gasteiger partial charge is 0.384 e. The Bertz CT molecular complexity index is 558. The van der Waals surface area contributed by atoms with E-state index < -0.39 is 0 Å². The summed E-state index contributed by atoms with van der Waals surface area (Å²) in [7, 11) is 0. The van der Waals surface area contributed by atoms with Gasteiger partial charge in [0.1, 0.15) is 11.6 Å². The number of halogens is 1. The van der Waals surface area contributed by atoms with Crippen molar-refractivity contribution in [2.24, 2.45) is 0 Å². The third kappa shape index (κ3) is 4.04. The number of nitrogens with two attached hydrogens (primary N) is 1. The van der Waals surface area contributed by atoms with Gasteiger partial charge in [-0.15, -0.1) is 0 Å². The number of aromatic nitrogens is 2. The zero-order valence-corrected chi connectivity index (χ0v) is 10.5. The number of imidazole rings is 1. The second-order valence-electron chi connectivity index (χ2n) is 3.77. The van der Waals surface area contributed by atoms with Crippen molar-refractivity contribution >= 4 is 12.0 Å². The summed E-state index contributed by atoms with van der Waals surface area (Å²) in [6.45, 7) is 2.64. The lowest BCUT2D eigenvalue weighted by Crippen LogP contribution is -2.04. The summed E-state index contributed by atoms with van der Waals surface area (Å²) in [5, 5.41) is 0. The predicted octanol–water partition coefficient (Wildman–Crippen LogP) is 1.63. The molecule has 0 unspecified atom stereocenters. The van der Waals surface area contributed by atoms with Crippen molar-refractivity contribution < 1.29 is 14.0 Å². The van der Waals surface area contributed by atoms with Crippen LogP contribution >= 0.6 is 0 Å². The predicted molar refractivity (Wildman–Crippen MR) is 66.5 cm³/mol. The first-order valence-corrected chi connectivity index (χ1v) is 5.65. The molecule has 6 heteroatoms. The van der Waals surface area contributed by atoms with Gasteiger partial charge in [-0.05, 0) is 24.1 Å². The van der Waals surface area contributed by atoms with Crippen molar-refractivity contribution in [1.82, 2.24) is 9.55 Å². The van der Waals surface area contributed by atoms with Crippen molar-refractivity contribution in [2.45, 2.75) is 19.9 Å². The van der Waals surface area contributed by atoms with E-state index in [1.165, 1.54) is 12.1 Å². The van der Waals surface area contributed by atoms with Gasteiger partial charge in [0.25, 0.3) is 0 Å². The van der Waals surface area contributed by atoms with E-state index in [2.05, 4.69) is 4.98 Å². The molecule has 0 saturated heterocycles. The van der Waals surface area contributed by atoms with Crippen molar-refractivity contribution in [3.05, 3.63) is 47.7 Å². The smallest absolute Gasteiger partial charge is 0.373 e. The summed E-state index contributed by atoms with van der Waals surface area (Å²) in [4.78, 5) is 20.5. The summed E-state index contributed by atoms with van der Waals surface area (Å²) < 4.78 is 14.6. The van der Waals surface area contributed by atoms with Crippen molar-refractivity contribution in [2.75, 3.05) is 5.73 Å². The van der Waals surface area contributed by atoms with Gasteiger partial charge in [-0.1, -0.05) is 19.1 Å². The highest BCUT2D eigenvalue weighted by Crippen LogP contribution is 2.13. The maximum absolute atomic E-state index is 12.7. The Hall–Kier alpha value is -2.46. The zero-order chi connectivity index (χ0) is 14.3. The lowest BCUT2D eigenvalue weighted by atomic mass is 10.2. The molecule has 1 aromatic carbocycles. The Morgan fingerprint density at radius 3 is 2.37 bits per heavy atom. The van der Waals surface area contributed by atoms with Crippen LogP contribution in [0.4, 0.5) is 10.2 Å². The van der Waals surface area contributed by atoms with Crippen LogP contribution in [-0.2, 0) is 22.6 Å². The standard InChI is InChI=1S/C12H14FN3.CO2/c1-2-11-12(14)16(8-15-11)7-9-3-5-10(13)6-4-9;2-1-3/h3-6,8H,2,7,14H2,1H3;. The first kappa shape index (κ1) is 14.6. The van der Waals surface area contributed by atoms with Gasteiger partial charge >= 0.3 is 6.15 Å². The number of carbonyl (C=O) groups excluding carboxylic acids is 2. The molecule has 5 nitrogen and oxygen atoms in total. The second-order valence-corrected chi connectivity index (χ2v) is 3.77. The number of nitrogens with zero attached hydrogens (tertiary/aromatic N) is 2. The minimum absolute atomic E-state index is 0.225. The summed E-state index contributed by atoms with van der Waals surface area (Å²) >= 11 is 0. The number of anilines is 1. The highest BCUT2D eigenvalue weighted by molar-refractivity contribution is 5.36. The third-order valence-electron chi connectivity index (χ3n) is 2.56. The van der Waals surface area contributed by atoms with Crippen LogP contribution in [0, 0.1) is 5.82 Å². The molecule has 0 aliphatic carbocycles. The molecule has 0 spiro atoms. The molecule has 0 atom stereocenters. The van der Waals surface area contributed by atoms with Gasteiger partial charge in [0.05, 0.1) is 18.6 Å². The molecule has 100 valence electrons. The number of hydrogen-bond acceptors (Lipinski definition) is 4. The number of hydrogen-bond donors (Lipinski definition) is 1. The molecule has 2 aromatic rings. The minimum Gasteiger partial charge on any atom is -0.384 e. The number of benzene rings is 1. The average molecular weight is 263 g/mol. The van der Waals surface area contributed by atoms with E-state index in [4.69, 9.17) is 15.3 Å². The Morgan fingerprint density at radius 2 is 1.89 bits per heavy atom. The van der Waals surface area contributed by atoms with Gasteiger partial charge < -0.3 is 10.3 Å². The van der Waals surface area contributed by atoms with Gasteiger partial charge in [0, 0.05) is 0 Å². The fourth-order valence-corrected chi connectivity index (χ4v) is 1.62. The minimum atomic E-state index is -0.225. The van der Waals surface area contributed by atoms with Gasteiger partial charge in [0.15, 0.2) is 0 Å². The van der Waals surface area contributed by atoms with Crippen molar-refractivity contribution in [3.8, 4) is 0 Å². The van der Waals surface area contributed by atoms with E-state index >= 15 is 0 Å². The molecular formula is C13H14FN3O2. The molecule has 0 aliphatic rings. The lowest BCUT2D eigenvalue weighted by Gasteiger charge is -2.05. The van der Waals surface area contributed by atoms with E-state index in [0.29, 0.717) is 12.4 Å². The Morgan fingerprint density at radius 1 is 1.32 bits per heavy atom. The van der Waals surface area contributed by atoms with Gasteiger partial charge in [-0.2, -0.15) is 9.59 Å². The normalized spacial score (nSPS) is 9.37. The summed E-state index contributed by atoms with van der Waals surface area (Å²) in [5.41, 5.74) is 7.83. The van der Waals surface area contributed by atoms with Crippen LogP contribution < -0.4 is 5.73 Å². The van der Waals surface area contributed by atoms with Crippen molar-refractivity contribution in [1.29, 1.82) is 0 Å². The van der Waals surface area contributed by atoms with Gasteiger partial charge in [-0.25, -0.2) is 9.37 Å². The molecule has 0 fully saturated rings. The van der Waals surface area contributed by atoms with Gasteiger partial charge in [0.2, 0.25) is 0 Å². The lowest BCUT2D eigenvalue weighted by molar-refractivity contribution is -0.191. The van der Waals surface area contributed by atoms with Crippen LogP contribution in [0.25, 0.3) is 0 Å². The Kier molecular flexibility index (Phi) is 5.44. The molecule has 2 rings (SSSR count). The second kappa shape index (κ2) is 7.08. The highest BCUT2D eigenvalue weighted by atomic mass is 19.1. The fourth-order valence-electron chi connectivity index (χ4n) is 1.62. The maximum atomic E-state index is 12.7. The van der Waals surface area contributed by atoms with Crippen LogP contribution in [0.15, 0.2) is 30.6 Å². The average Bonchev–Trinajstić information content (AvgIpc) is 2.74. The molecule has 19 heavy (non-hydrogen) atoms. The molecule has 0 aliphatic heterocycles. The third-order valence-corrected chi connectivity index (χ3v) is 2.56. The first-order chi connectivity index (χ1) is 9.12. The molecular weight excluding hydrogens is 249 g/mol. The van der Waals surface area contributed by atoms with Crippen LogP contribution in [-0.4, -0.2) is 15.7 Å². The van der Waals surface area contributed by atoms with Crippen molar-refractivity contribution in [3.63, 3.8) is 0 Å². The number of rotatable bonds is 3. The number of aryl methyl sites for hydroxylation is 1. The Labute approximate surface area is 109 Å². The highest BCUT2D eigenvalue weighted by Gasteiger charge is 2.05. The fraction of sp³-hybridized carbons (Fsp3) is 0.231. The zero-order valence-electron chi connectivity index (χ0n) is 10.5. The quantitative estimate of drug-likeness (QED) is 0.913. The SMILES string of the molecule is CCc1ncn(Cc2ccc(F)cc2)c1N.O=C=O. The first-order valence-electron chi connectivity index (χ1n) is 5.65. The maximum Gasteiger partial charge on any atom is 0.373 e. The van der Waals surface area contributed by atoms with E-state index in [1.807, 2.05) is 11.5 Å². The van der Waals surface area contributed by atoms with Crippen LogP contribution in [0.5, 0.6) is 0 Å². The van der Waals surface area contributed by atoms with Gasteiger partial charge in [-0.3, -0.25) is 0 Å². The molecule has 2 N–H and O–H groups in total. The molecule has 0 saturated carbocycles. The van der Waals surface area contributed by atoms with E-state index in [-0.39, 0.29) is 12.0 Å². The number of nitrogen functional groups attached to an aromatic ring is 1.